The van der Waals surface area contributed by atoms with E-state index < -0.39 is 0 Å². The molecule has 3 aromatic rings. The van der Waals surface area contributed by atoms with Gasteiger partial charge in [-0.2, -0.15) is 0 Å². The molecule has 0 aliphatic carbocycles. The van der Waals surface area contributed by atoms with Gasteiger partial charge in [-0.15, -0.1) is 0 Å². The maximum Gasteiger partial charge on any atom is 0.182 e. The van der Waals surface area contributed by atoms with Gasteiger partial charge < -0.3 is 4.98 Å². The van der Waals surface area contributed by atoms with Gasteiger partial charge >= 0.3 is 0 Å². The highest BCUT2D eigenvalue weighted by Gasteiger charge is 2.07. The van der Waals surface area contributed by atoms with Gasteiger partial charge in [0, 0.05) is 5.69 Å². The summed E-state index contributed by atoms with van der Waals surface area (Å²) in [6.45, 7) is 6.50. The van der Waals surface area contributed by atoms with Crippen LogP contribution in [0.15, 0.2) is 42.5 Å². The average molecular weight is 282 g/mol. The molecular formula is C17H18N2S. The first kappa shape index (κ1) is 13.1. The number of hydrogen-bond donors (Lipinski definition) is 1. The summed E-state index contributed by atoms with van der Waals surface area (Å²) in [6.07, 6.45) is 0. The SMILES string of the molecule is Cc1ccc2c(c1)[nH]c(=S)n2-c1ccc(C(C)C)cc1. The number of rotatable bonds is 2. The molecule has 0 spiro atoms. The Labute approximate surface area is 124 Å². The Morgan fingerprint density at radius 1 is 1.05 bits per heavy atom. The Morgan fingerprint density at radius 2 is 1.75 bits per heavy atom. The van der Waals surface area contributed by atoms with Crippen LogP contribution in [-0.2, 0) is 0 Å². The first-order valence-electron chi connectivity index (χ1n) is 6.88. The number of fused-ring (bicyclic) bond motifs is 1. The molecule has 20 heavy (non-hydrogen) atoms. The molecule has 2 aromatic carbocycles. The zero-order valence-electron chi connectivity index (χ0n) is 12.0. The molecule has 0 saturated heterocycles. The molecule has 102 valence electrons. The Kier molecular flexibility index (Phi) is 3.22. The van der Waals surface area contributed by atoms with E-state index in [1.165, 1.54) is 11.1 Å². The normalized spacial score (nSPS) is 11.4. The Balaban J connectivity index is 2.19. The monoisotopic (exact) mass is 282 g/mol. The molecule has 1 N–H and O–H groups in total. The lowest BCUT2D eigenvalue weighted by Crippen LogP contribution is -1.95. The Bertz CT molecular complexity index is 807. The van der Waals surface area contributed by atoms with Crippen molar-refractivity contribution in [3.8, 4) is 5.69 Å². The van der Waals surface area contributed by atoms with Crippen molar-refractivity contribution in [2.24, 2.45) is 0 Å². The fourth-order valence-electron chi connectivity index (χ4n) is 2.49. The molecule has 1 heterocycles. The van der Waals surface area contributed by atoms with Crippen molar-refractivity contribution in [1.29, 1.82) is 0 Å². The molecule has 0 unspecified atom stereocenters. The first-order chi connectivity index (χ1) is 9.56. The van der Waals surface area contributed by atoms with Gasteiger partial charge in [-0.05, 0) is 60.5 Å². The quantitative estimate of drug-likeness (QED) is 0.647. The number of nitrogens with one attached hydrogen (secondary N) is 1. The molecule has 0 amide bonds. The van der Waals surface area contributed by atoms with Crippen molar-refractivity contribution in [1.82, 2.24) is 9.55 Å². The minimum Gasteiger partial charge on any atom is -0.330 e. The van der Waals surface area contributed by atoms with E-state index in [9.17, 15) is 0 Å². The summed E-state index contributed by atoms with van der Waals surface area (Å²) in [5.41, 5.74) is 5.89. The van der Waals surface area contributed by atoms with Gasteiger partial charge in [-0.1, -0.05) is 32.0 Å². The van der Waals surface area contributed by atoms with Gasteiger partial charge in [-0.25, -0.2) is 0 Å². The molecule has 0 aliphatic rings. The largest absolute Gasteiger partial charge is 0.330 e. The molecule has 1 aromatic heterocycles. The fraction of sp³-hybridized carbons (Fsp3) is 0.235. The zero-order valence-corrected chi connectivity index (χ0v) is 12.8. The van der Waals surface area contributed by atoms with Crippen molar-refractivity contribution in [3.63, 3.8) is 0 Å². The van der Waals surface area contributed by atoms with Gasteiger partial charge in [0.25, 0.3) is 0 Å². The van der Waals surface area contributed by atoms with Crippen molar-refractivity contribution < 1.29 is 0 Å². The summed E-state index contributed by atoms with van der Waals surface area (Å²) in [4.78, 5) is 3.28. The average Bonchev–Trinajstić information content (AvgIpc) is 2.73. The molecular weight excluding hydrogens is 264 g/mol. The van der Waals surface area contributed by atoms with Crippen LogP contribution in [0, 0.1) is 11.7 Å². The third-order valence-corrected chi connectivity index (χ3v) is 3.94. The predicted molar refractivity (Wildman–Crippen MR) is 87.3 cm³/mol. The smallest absolute Gasteiger partial charge is 0.182 e. The summed E-state index contributed by atoms with van der Waals surface area (Å²) < 4.78 is 2.83. The molecule has 2 nitrogen and oxygen atoms in total. The second kappa shape index (κ2) is 4.91. The van der Waals surface area contributed by atoms with Gasteiger partial charge in [0.05, 0.1) is 11.0 Å². The number of nitrogens with zero attached hydrogens (tertiary/aromatic N) is 1. The summed E-state index contributed by atoms with van der Waals surface area (Å²) in [7, 11) is 0. The number of aryl methyl sites for hydroxylation is 1. The van der Waals surface area contributed by atoms with E-state index in [4.69, 9.17) is 12.2 Å². The van der Waals surface area contributed by atoms with Crippen molar-refractivity contribution in [2.45, 2.75) is 26.7 Å². The van der Waals surface area contributed by atoms with E-state index in [0.717, 1.165) is 21.5 Å². The highest BCUT2D eigenvalue weighted by Crippen LogP contribution is 2.22. The highest BCUT2D eigenvalue weighted by molar-refractivity contribution is 7.71. The Morgan fingerprint density at radius 3 is 2.40 bits per heavy atom. The van der Waals surface area contributed by atoms with Crippen molar-refractivity contribution in [3.05, 3.63) is 58.4 Å². The maximum absolute atomic E-state index is 5.47. The zero-order chi connectivity index (χ0) is 14.3. The van der Waals surface area contributed by atoms with Crippen LogP contribution in [0.1, 0.15) is 30.9 Å². The maximum atomic E-state index is 5.47. The van der Waals surface area contributed by atoms with E-state index in [0.29, 0.717) is 5.92 Å². The summed E-state index contributed by atoms with van der Waals surface area (Å²) in [5.74, 6) is 0.544. The van der Waals surface area contributed by atoms with E-state index in [1.54, 1.807) is 0 Å². The topological polar surface area (TPSA) is 20.7 Å². The van der Waals surface area contributed by atoms with E-state index in [2.05, 4.69) is 72.8 Å². The summed E-state index contributed by atoms with van der Waals surface area (Å²) in [6, 6.07) is 15.0. The number of benzene rings is 2. The van der Waals surface area contributed by atoms with Gasteiger partial charge in [0.1, 0.15) is 0 Å². The van der Waals surface area contributed by atoms with Crippen LogP contribution < -0.4 is 0 Å². The lowest BCUT2D eigenvalue weighted by Gasteiger charge is -2.08. The molecule has 0 atom stereocenters. The number of imidazole rings is 1. The van der Waals surface area contributed by atoms with Crippen molar-refractivity contribution in [2.75, 3.05) is 0 Å². The van der Waals surface area contributed by atoms with Gasteiger partial charge in [-0.3, -0.25) is 4.57 Å². The molecule has 0 saturated carbocycles. The molecule has 3 heteroatoms. The second-order valence-electron chi connectivity index (χ2n) is 5.53. The number of aromatic amines is 1. The van der Waals surface area contributed by atoms with E-state index in [-0.39, 0.29) is 0 Å². The predicted octanol–water partition coefficient (Wildman–Crippen LogP) is 5.12. The third-order valence-electron chi connectivity index (χ3n) is 3.66. The van der Waals surface area contributed by atoms with Crippen LogP contribution >= 0.6 is 12.2 Å². The van der Waals surface area contributed by atoms with Crippen LogP contribution in [0.5, 0.6) is 0 Å². The van der Waals surface area contributed by atoms with Crippen LogP contribution in [0.2, 0.25) is 0 Å². The van der Waals surface area contributed by atoms with Gasteiger partial charge in [0.2, 0.25) is 0 Å². The molecule has 0 radical (unpaired) electrons. The van der Waals surface area contributed by atoms with Crippen molar-refractivity contribution >= 4 is 23.3 Å². The Hall–Kier alpha value is -1.87. The van der Waals surface area contributed by atoms with Crippen LogP contribution in [0.3, 0.4) is 0 Å². The number of hydrogen-bond acceptors (Lipinski definition) is 1. The standard InChI is InChI=1S/C17H18N2S/c1-11(2)13-5-7-14(8-6-13)19-16-9-4-12(3)10-15(16)18-17(19)20/h4-11H,1-3H3,(H,18,20). The summed E-state index contributed by atoms with van der Waals surface area (Å²) >= 11 is 5.47. The third kappa shape index (κ3) is 2.18. The first-order valence-corrected chi connectivity index (χ1v) is 7.29. The minimum absolute atomic E-state index is 0.544. The van der Waals surface area contributed by atoms with E-state index >= 15 is 0 Å². The minimum atomic E-state index is 0.544. The highest BCUT2D eigenvalue weighted by atomic mass is 32.1. The molecule has 0 aliphatic heterocycles. The van der Waals surface area contributed by atoms with Gasteiger partial charge in [0.15, 0.2) is 4.77 Å². The molecule has 3 rings (SSSR count). The number of aromatic nitrogens is 2. The lowest BCUT2D eigenvalue weighted by molar-refractivity contribution is 0.865. The molecule has 0 fully saturated rings. The molecule has 0 bridgehead atoms. The second-order valence-corrected chi connectivity index (χ2v) is 5.92. The fourth-order valence-corrected chi connectivity index (χ4v) is 2.80. The number of H-pyrrole nitrogens is 1. The van der Waals surface area contributed by atoms with E-state index in [1.807, 2.05) is 0 Å². The summed E-state index contributed by atoms with van der Waals surface area (Å²) in [5, 5.41) is 0. The lowest BCUT2D eigenvalue weighted by atomic mass is 10.0. The van der Waals surface area contributed by atoms with Crippen LogP contribution in [0.4, 0.5) is 0 Å². The van der Waals surface area contributed by atoms with Crippen LogP contribution in [-0.4, -0.2) is 9.55 Å². The van der Waals surface area contributed by atoms with Crippen LogP contribution in [0.25, 0.3) is 16.7 Å².